The molecule has 126 valence electrons. The number of carbonyl (C=O) groups excluding carboxylic acids is 1. The Morgan fingerprint density at radius 2 is 1.50 bits per heavy atom. The lowest BCUT2D eigenvalue weighted by Gasteiger charge is -2.39. The molecule has 0 N–H and O–H groups in total. The first kappa shape index (κ1) is 16.6. The van der Waals surface area contributed by atoms with Crippen LogP contribution in [0, 0.1) is 0 Å². The number of hydrogen-bond donors (Lipinski definition) is 0. The summed E-state index contributed by atoms with van der Waals surface area (Å²) in [5.41, 5.74) is 0.318. The van der Waals surface area contributed by atoms with Crippen molar-refractivity contribution >= 4 is 12.1 Å². The molecule has 0 spiro atoms. The Morgan fingerprint density at radius 1 is 0.917 bits per heavy atom. The molecule has 0 aliphatic heterocycles. The normalized spacial score (nSPS) is 16.8. The Bertz CT molecular complexity index is 689. The number of carbonyl (C=O) groups is 1. The highest BCUT2D eigenvalue weighted by Gasteiger charge is 2.41. The van der Waals surface area contributed by atoms with E-state index in [1.165, 1.54) is 12.1 Å². The van der Waals surface area contributed by atoms with Crippen molar-refractivity contribution in [2.24, 2.45) is 0 Å². The van der Waals surface area contributed by atoms with Crippen molar-refractivity contribution in [3.8, 4) is 0 Å². The molecule has 3 rings (SSSR count). The lowest BCUT2D eigenvalue weighted by Crippen LogP contribution is -2.43. The zero-order valence-electron chi connectivity index (χ0n) is 13.1. The number of halogens is 3. The van der Waals surface area contributed by atoms with Crippen LogP contribution in [0.25, 0.3) is 0 Å². The summed E-state index contributed by atoms with van der Waals surface area (Å²) in [6.45, 7) is 0. The van der Waals surface area contributed by atoms with E-state index in [2.05, 4.69) is 0 Å². The topological polar surface area (TPSA) is 20.3 Å². The Labute approximate surface area is 138 Å². The Balaban J connectivity index is 2.01. The zero-order chi connectivity index (χ0) is 17.2. The van der Waals surface area contributed by atoms with E-state index in [1.807, 2.05) is 30.3 Å². The van der Waals surface area contributed by atoms with Crippen LogP contribution >= 0.6 is 0 Å². The molecule has 0 aromatic heterocycles. The Morgan fingerprint density at radius 3 is 2.00 bits per heavy atom. The SMILES string of the molecule is O=CN(c1ccc(C(F)(F)F)cc1)C1(c2ccccc2)CCCC1. The fourth-order valence-corrected chi connectivity index (χ4v) is 3.60. The average molecular weight is 333 g/mol. The number of alkyl halides is 3. The van der Waals surface area contributed by atoms with Crippen LogP contribution in [-0.2, 0) is 16.5 Å². The van der Waals surface area contributed by atoms with E-state index < -0.39 is 17.3 Å². The lowest BCUT2D eigenvalue weighted by molar-refractivity contribution is -0.137. The number of nitrogens with zero attached hydrogens (tertiary/aromatic N) is 1. The molecule has 0 atom stereocenters. The molecule has 24 heavy (non-hydrogen) atoms. The summed E-state index contributed by atoms with van der Waals surface area (Å²) in [4.78, 5) is 13.4. The molecule has 0 unspecified atom stereocenters. The molecule has 0 radical (unpaired) electrons. The molecule has 2 aromatic rings. The van der Waals surface area contributed by atoms with Crippen LogP contribution < -0.4 is 4.90 Å². The molecule has 1 fully saturated rings. The minimum atomic E-state index is -4.38. The molecule has 1 saturated carbocycles. The van der Waals surface area contributed by atoms with Gasteiger partial charge in [0.1, 0.15) is 0 Å². The summed E-state index contributed by atoms with van der Waals surface area (Å²) in [5, 5.41) is 0. The van der Waals surface area contributed by atoms with Crippen molar-refractivity contribution in [2.45, 2.75) is 37.4 Å². The van der Waals surface area contributed by atoms with E-state index in [9.17, 15) is 18.0 Å². The lowest BCUT2D eigenvalue weighted by atomic mass is 9.86. The van der Waals surface area contributed by atoms with Crippen LogP contribution in [0.2, 0.25) is 0 Å². The van der Waals surface area contributed by atoms with Crippen LogP contribution in [-0.4, -0.2) is 6.41 Å². The summed E-state index contributed by atoms with van der Waals surface area (Å²) < 4.78 is 38.3. The number of rotatable bonds is 4. The molecule has 1 aliphatic carbocycles. The third kappa shape index (κ3) is 2.90. The summed E-state index contributed by atoms with van der Waals surface area (Å²) in [7, 11) is 0. The second kappa shape index (κ2) is 6.30. The number of anilines is 1. The van der Waals surface area contributed by atoms with Gasteiger partial charge < -0.3 is 4.90 Å². The van der Waals surface area contributed by atoms with Crippen LogP contribution in [0.3, 0.4) is 0 Å². The van der Waals surface area contributed by atoms with E-state index in [4.69, 9.17) is 0 Å². The third-order valence-corrected chi connectivity index (χ3v) is 4.78. The molecule has 0 bridgehead atoms. The Hall–Kier alpha value is -2.30. The summed E-state index contributed by atoms with van der Waals surface area (Å²) in [5.74, 6) is 0. The second-order valence-electron chi connectivity index (χ2n) is 6.12. The fraction of sp³-hybridized carbons (Fsp3) is 0.316. The Kier molecular flexibility index (Phi) is 4.35. The van der Waals surface area contributed by atoms with Gasteiger partial charge in [-0.05, 0) is 42.7 Å². The first-order valence-electron chi connectivity index (χ1n) is 7.95. The van der Waals surface area contributed by atoms with Crippen LogP contribution in [0.5, 0.6) is 0 Å². The van der Waals surface area contributed by atoms with Gasteiger partial charge in [-0.1, -0.05) is 43.2 Å². The fourth-order valence-electron chi connectivity index (χ4n) is 3.60. The molecule has 2 nitrogen and oxygen atoms in total. The molecule has 2 aromatic carbocycles. The van der Waals surface area contributed by atoms with Gasteiger partial charge in [-0.3, -0.25) is 4.79 Å². The number of hydrogen-bond acceptors (Lipinski definition) is 1. The smallest absolute Gasteiger partial charge is 0.305 e. The van der Waals surface area contributed by atoms with E-state index >= 15 is 0 Å². The molecular weight excluding hydrogens is 315 g/mol. The van der Waals surface area contributed by atoms with Crippen molar-refractivity contribution in [2.75, 3.05) is 4.90 Å². The van der Waals surface area contributed by atoms with Crippen LogP contribution in [0.15, 0.2) is 54.6 Å². The van der Waals surface area contributed by atoms with Gasteiger partial charge in [0, 0.05) is 5.69 Å². The van der Waals surface area contributed by atoms with Crippen LogP contribution in [0.1, 0.15) is 36.8 Å². The van der Waals surface area contributed by atoms with Gasteiger partial charge in [-0.25, -0.2) is 0 Å². The highest BCUT2D eigenvalue weighted by Crippen LogP contribution is 2.45. The van der Waals surface area contributed by atoms with Crippen LogP contribution in [0.4, 0.5) is 18.9 Å². The van der Waals surface area contributed by atoms with Gasteiger partial charge in [0.05, 0.1) is 11.1 Å². The van der Waals surface area contributed by atoms with E-state index in [-0.39, 0.29) is 0 Å². The molecule has 0 saturated heterocycles. The maximum absolute atomic E-state index is 12.8. The average Bonchev–Trinajstić information content (AvgIpc) is 3.07. The maximum Gasteiger partial charge on any atom is 0.416 e. The molecule has 0 heterocycles. The van der Waals surface area contributed by atoms with Gasteiger partial charge in [0.15, 0.2) is 0 Å². The highest BCUT2D eigenvalue weighted by molar-refractivity contribution is 5.78. The predicted octanol–water partition coefficient (Wildman–Crippen LogP) is 5.14. The van der Waals surface area contributed by atoms with Crippen molar-refractivity contribution < 1.29 is 18.0 Å². The van der Waals surface area contributed by atoms with Gasteiger partial charge >= 0.3 is 6.18 Å². The quantitative estimate of drug-likeness (QED) is 0.710. The summed E-state index contributed by atoms with van der Waals surface area (Å²) >= 11 is 0. The monoisotopic (exact) mass is 333 g/mol. The first-order chi connectivity index (χ1) is 11.5. The number of amides is 1. The number of benzene rings is 2. The van der Waals surface area contributed by atoms with Gasteiger partial charge in [0.25, 0.3) is 0 Å². The zero-order valence-corrected chi connectivity index (χ0v) is 13.1. The summed E-state index contributed by atoms with van der Waals surface area (Å²) in [6, 6.07) is 14.5. The molecule has 5 heteroatoms. The molecule has 1 aliphatic rings. The van der Waals surface area contributed by atoms with E-state index in [0.717, 1.165) is 49.8 Å². The standard InChI is InChI=1S/C19H18F3NO/c20-19(21,22)16-8-10-17(11-9-16)23(14-24)18(12-4-5-13-18)15-6-2-1-3-7-15/h1-3,6-11,14H,4-5,12-13H2. The van der Waals surface area contributed by atoms with Crippen molar-refractivity contribution in [1.29, 1.82) is 0 Å². The first-order valence-corrected chi connectivity index (χ1v) is 7.95. The predicted molar refractivity (Wildman–Crippen MR) is 86.6 cm³/mol. The second-order valence-corrected chi connectivity index (χ2v) is 6.12. The van der Waals surface area contributed by atoms with Crippen molar-refractivity contribution in [1.82, 2.24) is 0 Å². The van der Waals surface area contributed by atoms with Gasteiger partial charge in [-0.15, -0.1) is 0 Å². The van der Waals surface area contributed by atoms with Crippen molar-refractivity contribution in [3.63, 3.8) is 0 Å². The van der Waals surface area contributed by atoms with Crippen molar-refractivity contribution in [3.05, 3.63) is 65.7 Å². The van der Waals surface area contributed by atoms with Gasteiger partial charge in [-0.2, -0.15) is 13.2 Å². The summed E-state index contributed by atoms with van der Waals surface area (Å²) in [6.07, 6.45) is -0.0663. The third-order valence-electron chi connectivity index (χ3n) is 4.78. The highest BCUT2D eigenvalue weighted by atomic mass is 19.4. The largest absolute Gasteiger partial charge is 0.416 e. The maximum atomic E-state index is 12.8. The molecular formula is C19H18F3NO. The van der Waals surface area contributed by atoms with Gasteiger partial charge in [0.2, 0.25) is 6.41 Å². The molecule has 1 amide bonds. The minimum Gasteiger partial charge on any atom is -0.305 e. The van der Waals surface area contributed by atoms with E-state index in [1.54, 1.807) is 4.90 Å². The van der Waals surface area contributed by atoms with E-state index in [0.29, 0.717) is 5.69 Å². The minimum absolute atomic E-state index is 0.483.